The van der Waals surface area contributed by atoms with Crippen molar-refractivity contribution in [3.05, 3.63) is 12.2 Å². The van der Waals surface area contributed by atoms with E-state index in [-0.39, 0.29) is 5.92 Å². The second-order valence-corrected chi connectivity index (χ2v) is 7.92. The van der Waals surface area contributed by atoms with Gasteiger partial charge >= 0.3 is 5.97 Å². The van der Waals surface area contributed by atoms with Gasteiger partial charge in [0.05, 0.1) is 5.92 Å². The van der Waals surface area contributed by atoms with Crippen molar-refractivity contribution in [1.82, 2.24) is 0 Å². The number of rotatable bonds is 20. The Bertz CT molecular complexity index is 322. The summed E-state index contributed by atoms with van der Waals surface area (Å²) in [5, 5.41) is 9.36. The molecular formula is C24H46O2. The molecule has 0 aromatic heterocycles. The van der Waals surface area contributed by atoms with Crippen molar-refractivity contribution in [2.75, 3.05) is 0 Å². The third-order valence-electron chi connectivity index (χ3n) is 5.32. The molecule has 0 saturated carbocycles. The highest BCUT2D eigenvalue weighted by Crippen LogP contribution is 2.17. The molecule has 0 bridgehead atoms. The Hall–Kier alpha value is -0.790. The summed E-state index contributed by atoms with van der Waals surface area (Å²) >= 11 is 0. The smallest absolute Gasteiger partial charge is 0.306 e. The van der Waals surface area contributed by atoms with Crippen LogP contribution in [0, 0.1) is 5.92 Å². The molecule has 0 rings (SSSR count). The minimum Gasteiger partial charge on any atom is -0.481 e. The first kappa shape index (κ1) is 25.2. The van der Waals surface area contributed by atoms with E-state index in [1.165, 1.54) is 89.9 Å². The Balaban J connectivity index is 3.50. The van der Waals surface area contributed by atoms with Crippen LogP contribution in [0.3, 0.4) is 0 Å². The fourth-order valence-corrected chi connectivity index (χ4v) is 3.46. The number of hydrogen-bond acceptors (Lipinski definition) is 1. The van der Waals surface area contributed by atoms with Crippen molar-refractivity contribution in [2.24, 2.45) is 5.92 Å². The molecule has 1 unspecified atom stereocenters. The van der Waals surface area contributed by atoms with E-state index >= 15 is 0 Å². The number of allylic oxidation sites excluding steroid dienone is 2. The van der Waals surface area contributed by atoms with Gasteiger partial charge in [-0.05, 0) is 25.7 Å². The molecule has 2 heteroatoms. The lowest BCUT2D eigenvalue weighted by Crippen LogP contribution is -2.12. The standard InChI is InChI=1S/C24H46O2/c1-3-5-7-9-11-12-13-14-15-16-18-20-22-23(24(25)26)21-19-17-10-8-6-4-2/h17,19,23H,3-16,18,20-22H2,1-2H3,(H,25,26). The van der Waals surface area contributed by atoms with Crippen LogP contribution >= 0.6 is 0 Å². The minimum absolute atomic E-state index is 0.180. The first-order chi connectivity index (χ1) is 12.7. The van der Waals surface area contributed by atoms with Crippen molar-refractivity contribution in [1.29, 1.82) is 0 Å². The molecule has 0 spiro atoms. The first-order valence-electron chi connectivity index (χ1n) is 11.6. The van der Waals surface area contributed by atoms with E-state index in [9.17, 15) is 9.90 Å². The highest BCUT2D eigenvalue weighted by molar-refractivity contribution is 5.70. The largest absolute Gasteiger partial charge is 0.481 e. The van der Waals surface area contributed by atoms with Gasteiger partial charge in [0, 0.05) is 0 Å². The van der Waals surface area contributed by atoms with E-state index in [4.69, 9.17) is 0 Å². The first-order valence-corrected chi connectivity index (χ1v) is 11.6. The number of carboxylic acids is 1. The summed E-state index contributed by atoms with van der Waals surface area (Å²) in [5.74, 6) is -0.799. The molecule has 1 atom stereocenters. The number of carboxylic acid groups (broad SMARTS) is 1. The van der Waals surface area contributed by atoms with Crippen molar-refractivity contribution in [2.45, 2.75) is 129 Å². The van der Waals surface area contributed by atoms with Gasteiger partial charge < -0.3 is 5.11 Å². The molecule has 0 amide bonds. The lowest BCUT2D eigenvalue weighted by molar-refractivity contribution is -0.141. The normalized spacial score (nSPS) is 12.7. The molecule has 0 aromatic carbocycles. The Labute approximate surface area is 163 Å². The van der Waals surface area contributed by atoms with E-state index in [1.807, 2.05) is 0 Å². The summed E-state index contributed by atoms with van der Waals surface area (Å²) in [5.41, 5.74) is 0. The molecule has 154 valence electrons. The maximum absolute atomic E-state index is 11.4. The van der Waals surface area contributed by atoms with Gasteiger partial charge in [0.2, 0.25) is 0 Å². The molecule has 0 radical (unpaired) electrons. The van der Waals surface area contributed by atoms with Crippen LogP contribution < -0.4 is 0 Å². The molecule has 0 saturated heterocycles. The highest BCUT2D eigenvalue weighted by Gasteiger charge is 2.14. The molecule has 0 heterocycles. The van der Waals surface area contributed by atoms with E-state index in [0.29, 0.717) is 6.42 Å². The van der Waals surface area contributed by atoms with Crippen molar-refractivity contribution < 1.29 is 9.90 Å². The van der Waals surface area contributed by atoms with E-state index in [2.05, 4.69) is 26.0 Å². The van der Waals surface area contributed by atoms with Gasteiger partial charge in [-0.25, -0.2) is 0 Å². The van der Waals surface area contributed by atoms with Gasteiger partial charge in [-0.3, -0.25) is 4.79 Å². The van der Waals surface area contributed by atoms with Gasteiger partial charge in [0.15, 0.2) is 0 Å². The Morgan fingerprint density at radius 1 is 0.692 bits per heavy atom. The zero-order valence-corrected chi connectivity index (χ0v) is 17.8. The second-order valence-electron chi connectivity index (χ2n) is 7.92. The molecular weight excluding hydrogens is 320 g/mol. The maximum atomic E-state index is 11.4. The molecule has 1 N–H and O–H groups in total. The summed E-state index contributed by atoms with van der Waals surface area (Å²) in [6.07, 6.45) is 26.6. The van der Waals surface area contributed by atoms with Crippen LogP contribution in [0.25, 0.3) is 0 Å². The average Bonchev–Trinajstić information content (AvgIpc) is 2.63. The molecule has 0 aromatic rings. The molecule has 0 fully saturated rings. The fourth-order valence-electron chi connectivity index (χ4n) is 3.46. The predicted molar refractivity (Wildman–Crippen MR) is 115 cm³/mol. The fraction of sp³-hybridized carbons (Fsp3) is 0.875. The summed E-state index contributed by atoms with van der Waals surface area (Å²) in [7, 11) is 0. The van der Waals surface area contributed by atoms with Crippen molar-refractivity contribution in [3.8, 4) is 0 Å². The number of carbonyl (C=O) groups is 1. The SMILES string of the molecule is CCCCCC=CCC(CCCCCCCCCCCCCC)C(=O)O. The highest BCUT2D eigenvalue weighted by atomic mass is 16.4. The second kappa shape index (κ2) is 20.5. The van der Waals surface area contributed by atoms with E-state index in [1.54, 1.807) is 0 Å². The minimum atomic E-state index is -0.619. The Morgan fingerprint density at radius 2 is 1.15 bits per heavy atom. The van der Waals surface area contributed by atoms with Crippen LogP contribution in [-0.4, -0.2) is 11.1 Å². The zero-order valence-electron chi connectivity index (χ0n) is 17.8. The summed E-state index contributed by atoms with van der Waals surface area (Å²) in [6.45, 7) is 4.48. The van der Waals surface area contributed by atoms with E-state index in [0.717, 1.165) is 19.3 Å². The summed E-state index contributed by atoms with van der Waals surface area (Å²) < 4.78 is 0. The lowest BCUT2D eigenvalue weighted by Gasteiger charge is -2.09. The monoisotopic (exact) mass is 366 g/mol. The third-order valence-corrected chi connectivity index (χ3v) is 5.32. The predicted octanol–water partition coefficient (Wildman–Crippen LogP) is 8.31. The van der Waals surface area contributed by atoms with Gasteiger partial charge in [-0.1, -0.05) is 116 Å². The molecule has 2 nitrogen and oxygen atoms in total. The molecule has 0 aliphatic rings. The zero-order chi connectivity index (χ0) is 19.3. The number of unbranched alkanes of at least 4 members (excludes halogenated alkanes) is 14. The molecule has 0 aliphatic heterocycles. The van der Waals surface area contributed by atoms with Gasteiger partial charge in [0.25, 0.3) is 0 Å². The molecule has 0 aliphatic carbocycles. The van der Waals surface area contributed by atoms with Crippen molar-refractivity contribution in [3.63, 3.8) is 0 Å². The van der Waals surface area contributed by atoms with E-state index < -0.39 is 5.97 Å². The van der Waals surface area contributed by atoms with Gasteiger partial charge in [-0.15, -0.1) is 0 Å². The third kappa shape index (κ3) is 18.0. The number of hydrogen-bond donors (Lipinski definition) is 1. The van der Waals surface area contributed by atoms with Crippen LogP contribution in [0.2, 0.25) is 0 Å². The average molecular weight is 367 g/mol. The van der Waals surface area contributed by atoms with Crippen LogP contribution in [0.1, 0.15) is 129 Å². The maximum Gasteiger partial charge on any atom is 0.306 e. The summed E-state index contributed by atoms with van der Waals surface area (Å²) in [4.78, 5) is 11.4. The Morgan fingerprint density at radius 3 is 1.65 bits per heavy atom. The van der Waals surface area contributed by atoms with Gasteiger partial charge in [-0.2, -0.15) is 0 Å². The number of aliphatic carboxylic acids is 1. The van der Waals surface area contributed by atoms with Crippen LogP contribution in [0.5, 0.6) is 0 Å². The van der Waals surface area contributed by atoms with Crippen LogP contribution in [-0.2, 0) is 4.79 Å². The van der Waals surface area contributed by atoms with Crippen LogP contribution in [0.4, 0.5) is 0 Å². The summed E-state index contributed by atoms with van der Waals surface area (Å²) in [6, 6.07) is 0. The Kier molecular flexibility index (Phi) is 19.9. The molecule has 26 heavy (non-hydrogen) atoms. The quantitative estimate of drug-likeness (QED) is 0.174. The van der Waals surface area contributed by atoms with Crippen LogP contribution in [0.15, 0.2) is 12.2 Å². The lowest BCUT2D eigenvalue weighted by atomic mass is 9.96. The van der Waals surface area contributed by atoms with Gasteiger partial charge in [0.1, 0.15) is 0 Å². The van der Waals surface area contributed by atoms with Crippen molar-refractivity contribution >= 4 is 5.97 Å². The topological polar surface area (TPSA) is 37.3 Å².